The van der Waals surface area contributed by atoms with Gasteiger partial charge in [-0.25, -0.2) is 4.79 Å². The molecule has 1 rings (SSSR count). The van der Waals surface area contributed by atoms with Gasteiger partial charge in [-0.2, -0.15) is 0 Å². The van der Waals surface area contributed by atoms with Crippen molar-refractivity contribution in [3.05, 3.63) is 29.3 Å². The van der Waals surface area contributed by atoms with Gasteiger partial charge in [0.05, 0.1) is 0 Å². The van der Waals surface area contributed by atoms with Crippen LogP contribution in [0.25, 0.3) is 0 Å². The van der Waals surface area contributed by atoms with Crippen molar-refractivity contribution in [2.45, 2.75) is 20.1 Å². The average Bonchev–Trinajstić information content (AvgIpc) is 2.12. The van der Waals surface area contributed by atoms with Crippen molar-refractivity contribution in [3.63, 3.8) is 0 Å². The minimum absolute atomic E-state index is 0.502. The van der Waals surface area contributed by atoms with E-state index in [1.807, 2.05) is 19.9 Å². The van der Waals surface area contributed by atoms with E-state index < -0.39 is 12.3 Å². The van der Waals surface area contributed by atoms with E-state index in [0.717, 1.165) is 11.1 Å². The largest absolute Gasteiger partial charge is 0.477 e. The van der Waals surface area contributed by atoms with Crippen LogP contribution in [0.2, 0.25) is 0 Å². The second-order valence-electron chi connectivity index (χ2n) is 3.35. The topological polar surface area (TPSA) is 55.8 Å². The summed E-state index contributed by atoms with van der Waals surface area (Å²) in [5.41, 5.74) is 2.04. The van der Waals surface area contributed by atoms with Crippen LogP contribution in [0.4, 0.5) is 0 Å². The normalized spacial score (nSPS) is 12.2. The van der Waals surface area contributed by atoms with E-state index >= 15 is 0 Å². The Labute approximate surface area is 88.4 Å². The average molecular weight is 210 g/mol. The Morgan fingerprint density at radius 2 is 1.80 bits per heavy atom. The van der Waals surface area contributed by atoms with Gasteiger partial charge in [0.25, 0.3) is 6.29 Å². The molecule has 0 aromatic heterocycles. The summed E-state index contributed by atoms with van der Waals surface area (Å²) < 4.78 is 9.84. The molecule has 0 saturated heterocycles. The molecule has 82 valence electrons. The van der Waals surface area contributed by atoms with Crippen molar-refractivity contribution in [2.24, 2.45) is 0 Å². The SMILES string of the molecule is COC(Oc1cc(C)cc(C)c1)C(=O)O. The third-order valence-corrected chi connectivity index (χ3v) is 1.85. The lowest BCUT2D eigenvalue weighted by Crippen LogP contribution is -2.28. The van der Waals surface area contributed by atoms with Gasteiger partial charge < -0.3 is 14.6 Å². The van der Waals surface area contributed by atoms with Crippen LogP contribution in [0.1, 0.15) is 11.1 Å². The van der Waals surface area contributed by atoms with Crippen LogP contribution in [0.15, 0.2) is 18.2 Å². The van der Waals surface area contributed by atoms with Crippen LogP contribution in [0.3, 0.4) is 0 Å². The molecular weight excluding hydrogens is 196 g/mol. The molecule has 1 aromatic rings. The van der Waals surface area contributed by atoms with Crippen LogP contribution in [0.5, 0.6) is 5.75 Å². The molecule has 4 heteroatoms. The Morgan fingerprint density at radius 3 is 2.20 bits per heavy atom. The second-order valence-corrected chi connectivity index (χ2v) is 3.35. The van der Waals surface area contributed by atoms with Crippen LogP contribution in [-0.4, -0.2) is 24.5 Å². The summed E-state index contributed by atoms with van der Waals surface area (Å²) in [4.78, 5) is 10.7. The Kier molecular flexibility index (Phi) is 3.68. The van der Waals surface area contributed by atoms with Crippen molar-refractivity contribution in [3.8, 4) is 5.75 Å². The van der Waals surface area contributed by atoms with E-state index in [0.29, 0.717) is 5.75 Å². The molecular formula is C11H14O4. The van der Waals surface area contributed by atoms with Crippen molar-refractivity contribution < 1.29 is 19.4 Å². The van der Waals surface area contributed by atoms with Gasteiger partial charge >= 0.3 is 5.97 Å². The van der Waals surface area contributed by atoms with Gasteiger partial charge in [0.2, 0.25) is 0 Å². The minimum atomic E-state index is -1.26. The molecule has 1 N–H and O–H groups in total. The Hall–Kier alpha value is -1.55. The van der Waals surface area contributed by atoms with Gasteiger partial charge in [-0.1, -0.05) is 6.07 Å². The number of ether oxygens (including phenoxy) is 2. The number of rotatable bonds is 4. The number of benzene rings is 1. The molecule has 0 aliphatic carbocycles. The van der Waals surface area contributed by atoms with E-state index in [1.165, 1.54) is 7.11 Å². The highest BCUT2D eigenvalue weighted by atomic mass is 16.7. The fourth-order valence-corrected chi connectivity index (χ4v) is 1.32. The maximum atomic E-state index is 10.7. The lowest BCUT2D eigenvalue weighted by atomic mass is 10.1. The summed E-state index contributed by atoms with van der Waals surface area (Å²) >= 11 is 0. The summed E-state index contributed by atoms with van der Waals surface area (Å²) in [5, 5.41) is 8.72. The quantitative estimate of drug-likeness (QED) is 0.769. The molecule has 0 amide bonds. The highest BCUT2D eigenvalue weighted by Crippen LogP contribution is 2.17. The molecule has 4 nitrogen and oxygen atoms in total. The minimum Gasteiger partial charge on any atom is -0.477 e. The molecule has 15 heavy (non-hydrogen) atoms. The number of hydrogen-bond acceptors (Lipinski definition) is 3. The highest BCUT2D eigenvalue weighted by Gasteiger charge is 2.18. The number of aliphatic carboxylic acids is 1. The Bertz CT molecular complexity index is 339. The van der Waals surface area contributed by atoms with Crippen molar-refractivity contribution >= 4 is 5.97 Å². The summed E-state index contributed by atoms with van der Waals surface area (Å²) in [6, 6.07) is 5.51. The van der Waals surface area contributed by atoms with Crippen LogP contribution in [0, 0.1) is 13.8 Å². The van der Waals surface area contributed by atoms with Gasteiger partial charge in [-0.3, -0.25) is 0 Å². The maximum Gasteiger partial charge on any atom is 0.373 e. The molecule has 1 aromatic carbocycles. The number of methoxy groups -OCH3 is 1. The Balaban J connectivity index is 2.83. The van der Waals surface area contributed by atoms with Crippen molar-refractivity contribution in [1.29, 1.82) is 0 Å². The van der Waals surface area contributed by atoms with Crippen LogP contribution >= 0.6 is 0 Å². The summed E-state index contributed by atoms with van der Waals surface area (Å²) in [6.07, 6.45) is -1.26. The molecule has 0 aliphatic heterocycles. The zero-order valence-corrected chi connectivity index (χ0v) is 8.98. The molecule has 1 unspecified atom stereocenters. The fraction of sp³-hybridized carbons (Fsp3) is 0.364. The third kappa shape index (κ3) is 3.25. The summed E-state index contributed by atoms with van der Waals surface area (Å²) in [5.74, 6) is -0.640. The maximum absolute atomic E-state index is 10.7. The van der Waals surface area contributed by atoms with E-state index in [9.17, 15) is 4.79 Å². The first-order valence-electron chi connectivity index (χ1n) is 4.53. The molecule has 0 heterocycles. The number of hydrogen-bond donors (Lipinski definition) is 1. The number of carbonyl (C=O) groups is 1. The standard InChI is InChI=1S/C11H14O4/c1-7-4-8(2)6-9(5-7)15-11(14-3)10(12)13/h4-6,11H,1-3H3,(H,12,13). The Morgan fingerprint density at radius 1 is 1.27 bits per heavy atom. The summed E-state index contributed by atoms with van der Waals surface area (Å²) in [7, 11) is 1.29. The third-order valence-electron chi connectivity index (χ3n) is 1.85. The van der Waals surface area contributed by atoms with E-state index in [4.69, 9.17) is 9.84 Å². The van der Waals surface area contributed by atoms with Gasteiger partial charge in [0, 0.05) is 7.11 Å². The lowest BCUT2D eigenvalue weighted by molar-refractivity contribution is -0.166. The van der Waals surface area contributed by atoms with E-state index in [-0.39, 0.29) is 0 Å². The molecule has 0 bridgehead atoms. The van der Waals surface area contributed by atoms with E-state index in [2.05, 4.69) is 4.74 Å². The first kappa shape index (κ1) is 11.5. The predicted molar refractivity (Wildman–Crippen MR) is 55.0 cm³/mol. The van der Waals surface area contributed by atoms with Crippen LogP contribution in [-0.2, 0) is 9.53 Å². The van der Waals surface area contributed by atoms with E-state index in [1.54, 1.807) is 12.1 Å². The molecule has 0 radical (unpaired) electrons. The number of carboxylic acid groups (broad SMARTS) is 1. The van der Waals surface area contributed by atoms with Gasteiger partial charge in [-0.15, -0.1) is 0 Å². The smallest absolute Gasteiger partial charge is 0.373 e. The molecule has 0 fully saturated rings. The summed E-state index contributed by atoms with van der Waals surface area (Å²) in [6.45, 7) is 3.84. The monoisotopic (exact) mass is 210 g/mol. The number of aryl methyl sites for hydroxylation is 2. The van der Waals surface area contributed by atoms with Gasteiger partial charge in [0.1, 0.15) is 5.75 Å². The lowest BCUT2D eigenvalue weighted by Gasteiger charge is -2.13. The molecule has 1 atom stereocenters. The first-order chi connectivity index (χ1) is 7.02. The highest BCUT2D eigenvalue weighted by molar-refractivity contribution is 5.71. The molecule has 0 aliphatic rings. The van der Waals surface area contributed by atoms with Crippen molar-refractivity contribution in [2.75, 3.05) is 7.11 Å². The zero-order valence-electron chi connectivity index (χ0n) is 8.98. The van der Waals surface area contributed by atoms with Crippen molar-refractivity contribution in [1.82, 2.24) is 0 Å². The molecule has 0 spiro atoms. The zero-order chi connectivity index (χ0) is 11.4. The second kappa shape index (κ2) is 4.79. The number of carboxylic acids is 1. The molecule has 0 saturated carbocycles. The van der Waals surface area contributed by atoms with Crippen LogP contribution < -0.4 is 4.74 Å². The van der Waals surface area contributed by atoms with Gasteiger partial charge in [-0.05, 0) is 37.1 Å². The van der Waals surface area contributed by atoms with Gasteiger partial charge in [0.15, 0.2) is 0 Å². The fourth-order valence-electron chi connectivity index (χ4n) is 1.32. The first-order valence-corrected chi connectivity index (χ1v) is 4.53. The predicted octanol–water partition coefficient (Wildman–Crippen LogP) is 1.74.